The zero-order chi connectivity index (χ0) is 32.2. The average molecular weight is 617 g/mol. The van der Waals surface area contributed by atoms with Crippen molar-refractivity contribution < 1.29 is 37.0 Å². The number of hydrogen-bond donors (Lipinski definition) is 4. The van der Waals surface area contributed by atoms with Crippen molar-refractivity contribution >= 4 is 29.2 Å². The Morgan fingerprint density at radius 2 is 1.84 bits per heavy atom. The number of nitrogens with zero attached hydrogens (tertiary/aromatic N) is 3. The van der Waals surface area contributed by atoms with Gasteiger partial charge < -0.3 is 25.8 Å². The molecule has 2 aromatic carbocycles. The molecule has 0 bridgehead atoms. The first-order chi connectivity index (χ1) is 20.8. The lowest BCUT2D eigenvalue weighted by Crippen LogP contribution is -2.45. The Morgan fingerprint density at radius 1 is 1.09 bits per heavy atom. The van der Waals surface area contributed by atoms with E-state index in [9.17, 15) is 27.2 Å². The van der Waals surface area contributed by atoms with Crippen molar-refractivity contribution in [2.75, 3.05) is 11.9 Å². The van der Waals surface area contributed by atoms with Crippen LogP contribution in [-0.2, 0) is 6.42 Å². The minimum atomic E-state index is -3.31. The molecule has 14 heteroatoms. The van der Waals surface area contributed by atoms with Crippen molar-refractivity contribution in [2.24, 2.45) is 5.41 Å². The molecule has 0 unspecified atom stereocenters. The van der Waals surface area contributed by atoms with Crippen LogP contribution < -0.4 is 20.7 Å². The molecule has 44 heavy (non-hydrogen) atoms. The van der Waals surface area contributed by atoms with Gasteiger partial charge in [0.2, 0.25) is 5.82 Å². The van der Waals surface area contributed by atoms with Crippen LogP contribution in [0.15, 0.2) is 48.9 Å². The van der Waals surface area contributed by atoms with E-state index < -0.39 is 36.1 Å². The van der Waals surface area contributed by atoms with Gasteiger partial charge in [0.05, 0.1) is 11.9 Å². The molecular weight excluding hydrogens is 584 g/mol. The normalized spacial score (nSPS) is 12.3. The summed E-state index contributed by atoms with van der Waals surface area (Å²) < 4.78 is 59.8. The van der Waals surface area contributed by atoms with Crippen LogP contribution in [0.3, 0.4) is 0 Å². The Hall–Kier alpha value is -4.88. The van der Waals surface area contributed by atoms with Gasteiger partial charge in [0, 0.05) is 41.8 Å². The molecule has 2 heterocycles. The highest BCUT2D eigenvalue weighted by molar-refractivity contribution is 5.96. The number of carbonyl (C=O) groups is 2. The van der Waals surface area contributed by atoms with Gasteiger partial charge in [-0.1, -0.05) is 27.7 Å². The molecule has 0 spiro atoms. The number of anilines is 2. The number of fused-ring (bicyclic) bond motifs is 1. The zero-order valence-corrected chi connectivity index (χ0v) is 24.4. The second-order valence-corrected chi connectivity index (χ2v) is 11.2. The lowest BCUT2D eigenvalue weighted by Gasteiger charge is -2.27. The fraction of sp³-hybridized carbons (Fsp3) is 0.333. The highest BCUT2D eigenvalue weighted by atomic mass is 19.3. The van der Waals surface area contributed by atoms with E-state index in [1.807, 2.05) is 27.7 Å². The second-order valence-electron chi connectivity index (χ2n) is 11.2. The smallest absolute Gasteiger partial charge is 0.404 e. The standard InChI is InChI=1S/C30H32F4N6O4/c1-5-16-12-17(6-7-19(16)27(41)39-18(13-30(2,3)4)14-37-29(42)43)38-25-26-36-15-21(40(26)11-10-35-25)20-8-9-22(44-28(33)34)24(32)23(20)31/h6-12,15,18,28,37H,5,13-14H2,1-4H3,(H,35,38)(H,39,41)(H,42,43)/t18-/m0/s1. The van der Waals surface area contributed by atoms with Crippen LogP contribution in [0.5, 0.6) is 5.75 Å². The number of benzene rings is 2. The van der Waals surface area contributed by atoms with Crippen molar-refractivity contribution in [1.82, 2.24) is 25.0 Å². The molecular formula is C30H32F4N6O4. The van der Waals surface area contributed by atoms with Crippen LogP contribution in [-0.4, -0.2) is 50.7 Å². The van der Waals surface area contributed by atoms with Crippen LogP contribution in [0.4, 0.5) is 33.9 Å². The molecule has 4 aromatic rings. The molecule has 0 radical (unpaired) electrons. The minimum absolute atomic E-state index is 0.0611. The van der Waals surface area contributed by atoms with Gasteiger partial charge >= 0.3 is 12.7 Å². The maximum Gasteiger partial charge on any atom is 0.404 e. The largest absolute Gasteiger partial charge is 0.465 e. The lowest BCUT2D eigenvalue weighted by molar-refractivity contribution is -0.0525. The van der Waals surface area contributed by atoms with Crippen LogP contribution in [0.25, 0.3) is 16.9 Å². The van der Waals surface area contributed by atoms with Gasteiger partial charge in [0.25, 0.3) is 5.91 Å². The third kappa shape index (κ3) is 7.54. The number of rotatable bonds is 11. The van der Waals surface area contributed by atoms with Gasteiger partial charge in [-0.2, -0.15) is 13.2 Å². The molecule has 0 fully saturated rings. The maximum atomic E-state index is 14.8. The van der Waals surface area contributed by atoms with E-state index in [-0.39, 0.29) is 40.6 Å². The van der Waals surface area contributed by atoms with E-state index in [0.29, 0.717) is 29.7 Å². The zero-order valence-electron chi connectivity index (χ0n) is 24.4. The van der Waals surface area contributed by atoms with Gasteiger partial charge in [-0.15, -0.1) is 0 Å². The van der Waals surface area contributed by atoms with Crippen molar-refractivity contribution in [1.29, 1.82) is 0 Å². The topological polar surface area (TPSA) is 130 Å². The molecule has 234 valence electrons. The third-order valence-corrected chi connectivity index (χ3v) is 6.65. The highest BCUT2D eigenvalue weighted by Crippen LogP contribution is 2.32. The lowest BCUT2D eigenvalue weighted by atomic mass is 9.88. The van der Waals surface area contributed by atoms with Crippen molar-refractivity contribution in [3.05, 3.63) is 71.7 Å². The fourth-order valence-electron chi connectivity index (χ4n) is 4.83. The summed E-state index contributed by atoms with van der Waals surface area (Å²) >= 11 is 0. The molecule has 0 aliphatic rings. The van der Waals surface area contributed by atoms with E-state index in [2.05, 4.69) is 30.7 Å². The monoisotopic (exact) mass is 616 g/mol. The Morgan fingerprint density at radius 3 is 2.50 bits per heavy atom. The third-order valence-electron chi connectivity index (χ3n) is 6.65. The van der Waals surface area contributed by atoms with Crippen molar-refractivity contribution in [3.8, 4) is 17.0 Å². The molecule has 10 nitrogen and oxygen atoms in total. The Balaban J connectivity index is 1.59. The summed E-state index contributed by atoms with van der Waals surface area (Å²) in [4.78, 5) is 32.9. The number of halogens is 4. The van der Waals surface area contributed by atoms with E-state index in [1.165, 1.54) is 23.0 Å². The molecule has 2 amide bonds. The van der Waals surface area contributed by atoms with Crippen LogP contribution in [0, 0.1) is 17.0 Å². The highest BCUT2D eigenvalue weighted by Gasteiger charge is 2.24. The Kier molecular flexibility index (Phi) is 9.60. The van der Waals surface area contributed by atoms with Gasteiger partial charge in [0.15, 0.2) is 23.0 Å². The average Bonchev–Trinajstić information content (AvgIpc) is 3.38. The van der Waals surface area contributed by atoms with Gasteiger partial charge in [-0.3, -0.25) is 9.20 Å². The molecule has 0 aliphatic carbocycles. The summed E-state index contributed by atoms with van der Waals surface area (Å²) in [6, 6.07) is 6.70. The molecule has 0 aliphatic heterocycles. The summed E-state index contributed by atoms with van der Waals surface area (Å²) in [5, 5.41) is 17.4. The molecule has 0 saturated heterocycles. The Bertz CT molecular complexity index is 1670. The number of amides is 2. The van der Waals surface area contributed by atoms with E-state index in [4.69, 9.17) is 5.11 Å². The number of alkyl halides is 2. The molecule has 4 rings (SSSR count). The summed E-state index contributed by atoms with van der Waals surface area (Å²) in [7, 11) is 0. The Labute approximate surface area is 250 Å². The van der Waals surface area contributed by atoms with E-state index in [0.717, 1.165) is 12.1 Å². The van der Waals surface area contributed by atoms with Gasteiger partial charge in [-0.05, 0) is 54.2 Å². The summed E-state index contributed by atoms with van der Waals surface area (Å²) in [6.45, 7) is 4.63. The number of ether oxygens (including phenoxy) is 1. The van der Waals surface area contributed by atoms with E-state index >= 15 is 0 Å². The summed E-state index contributed by atoms with van der Waals surface area (Å²) in [5.74, 6) is -3.90. The number of aryl methyl sites for hydroxylation is 1. The minimum Gasteiger partial charge on any atom is -0.465 e. The summed E-state index contributed by atoms with van der Waals surface area (Å²) in [5.41, 5.74) is 1.76. The number of aromatic nitrogens is 3. The number of carboxylic acid groups (broad SMARTS) is 1. The van der Waals surface area contributed by atoms with Crippen LogP contribution >= 0.6 is 0 Å². The number of carbonyl (C=O) groups excluding carboxylic acids is 1. The fourth-order valence-corrected chi connectivity index (χ4v) is 4.83. The quantitative estimate of drug-likeness (QED) is 0.144. The first-order valence-electron chi connectivity index (χ1n) is 13.7. The molecule has 2 aromatic heterocycles. The SMILES string of the molecule is CCc1cc(Nc2nccn3c(-c4ccc(OC(F)F)c(F)c4F)cnc23)ccc1C(=O)N[C@H](CNC(=O)O)CC(C)(C)C. The van der Waals surface area contributed by atoms with Crippen molar-refractivity contribution in [3.63, 3.8) is 0 Å². The predicted octanol–water partition coefficient (Wildman–Crippen LogP) is 6.38. The van der Waals surface area contributed by atoms with Crippen LogP contribution in [0.1, 0.15) is 50.0 Å². The second kappa shape index (κ2) is 13.2. The van der Waals surface area contributed by atoms with Crippen molar-refractivity contribution in [2.45, 2.75) is 53.2 Å². The number of nitrogens with one attached hydrogen (secondary N) is 3. The van der Waals surface area contributed by atoms with E-state index in [1.54, 1.807) is 18.2 Å². The maximum absolute atomic E-state index is 14.8. The number of imidazole rings is 1. The van der Waals surface area contributed by atoms with Gasteiger partial charge in [-0.25, -0.2) is 19.2 Å². The number of hydrogen-bond acceptors (Lipinski definition) is 6. The molecule has 0 saturated carbocycles. The first kappa shape index (κ1) is 32.0. The molecule has 4 N–H and O–H groups in total. The molecule has 1 atom stereocenters. The first-order valence-corrected chi connectivity index (χ1v) is 13.7. The summed E-state index contributed by atoms with van der Waals surface area (Å²) in [6.07, 6.45) is 4.09. The predicted molar refractivity (Wildman–Crippen MR) is 155 cm³/mol. The van der Waals surface area contributed by atoms with Crippen LogP contribution in [0.2, 0.25) is 0 Å². The van der Waals surface area contributed by atoms with Gasteiger partial charge in [0.1, 0.15) is 0 Å².